The summed E-state index contributed by atoms with van der Waals surface area (Å²) in [5.74, 6) is -0.489. The molecule has 1 aliphatic heterocycles. The van der Waals surface area contributed by atoms with Gasteiger partial charge >= 0.3 is 5.97 Å². The molecule has 0 amide bonds. The van der Waals surface area contributed by atoms with Crippen molar-refractivity contribution < 1.29 is 9.90 Å². The van der Waals surface area contributed by atoms with E-state index in [9.17, 15) is 9.90 Å². The van der Waals surface area contributed by atoms with E-state index < -0.39 is 11.4 Å². The number of hydrogen-bond acceptors (Lipinski definition) is 3. The number of aliphatic carboxylic acids is 1. The second-order valence-corrected chi connectivity index (χ2v) is 5.11. The average Bonchev–Trinajstić information content (AvgIpc) is 2.62. The van der Waals surface area contributed by atoms with Crippen molar-refractivity contribution in [3.8, 4) is 0 Å². The van der Waals surface area contributed by atoms with Crippen LogP contribution in [0.15, 0.2) is 35.4 Å². The van der Waals surface area contributed by atoms with Crippen LogP contribution >= 0.6 is 23.4 Å². The molecule has 84 valence electrons. The van der Waals surface area contributed by atoms with Crippen molar-refractivity contribution in [3.63, 3.8) is 0 Å². The first kappa shape index (κ1) is 11.4. The molecule has 3 nitrogen and oxygen atoms in total. The zero-order valence-electron chi connectivity index (χ0n) is 8.31. The van der Waals surface area contributed by atoms with Crippen molar-refractivity contribution >= 4 is 29.3 Å². The summed E-state index contributed by atoms with van der Waals surface area (Å²) in [5.41, 5.74) is 5.28. The summed E-state index contributed by atoms with van der Waals surface area (Å²) in [6, 6.07) is 6.89. The van der Waals surface area contributed by atoms with Crippen molar-refractivity contribution in [2.75, 3.05) is 5.75 Å². The Hall–Kier alpha value is -1.13. The van der Waals surface area contributed by atoms with Crippen LogP contribution in [0.25, 0.3) is 0 Å². The Morgan fingerprint density at radius 3 is 2.81 bits per heavy atom. The number of carboxylic acids is 1. The number of hydrogen-bond donors (Lipinski definition) is 2. The first-order valence-corrected chi connectivity index (χ1v) is 6.01. The lowest BCUT2D eigenvalue weighted by Gasteiger charge is -2.21. The Labute approximate surface area is 102 Å². The molecular formula is C11H10ClNO2S. The highest BCUT2D eigenvalue weighted by Crippen LogP contribution is 2.39. The minimum Gasteiger partial charge on any atom is -0.480 e. The second-order valence-electron chi connectivity index (χ2n) is 3.62. The van der Waals surface area contributed by atoms with Crippen molar-refractivity contribution in [1.82, 2.24) is 0 Å². The highest BCUT2D eigenvalue weighted by molar-refractivity contribution is 8.03. The van der Waals surface area contributed by atoms with Gasteiger partial charge in [0.2, 0.25) is 0 Å². The van der Waals surface area contributed by atoms with E-state index >= 15 is 0 Å². The van der Waals surface area contributed by atoms with Gasteiger partial charge in [0.05, 0.1) is 5.03 Å². The van der Waals surface area contributed by atoms with Crippen LogP contribution in [0.5, 0.6) is 0 Å². The molecule has 1 aliphatic rings. The van der Waals surface area contributed by atoms with Gasteiger partial charge in [-0.1, -0.05) is 23.7 Å². The van der Waals surface area contributed by atoms with Crippen LogP contribution in [-0.2, 0) is 10.2 Å². The van der Waals surface area contributed by atoms with Crippen molar-refractivity contribution in [1.29, 1.82) is 0 Å². The largest absolute Gasteiger partial charge is 0.480 e. The Bertz CT molecular complexity index is 475. The normalized spacial score (nSPS) is 24.2. The maximum absolute atomic E-state index is 11.4. The molecule has 1 heterocycles. The van der Waals surface area contributed by atoms with Gasteiger partial charge in [-0.3, -0.25) is 4.79 Å². The van der Waals surface area contributed by atoms with Crippen LogP contribution in [0.4, 0.5) is 0 Å². The molecule has 1 unspecified atom stereocenters. The van der Waals surface area contributed by atoms with E-state index in [-0.39, 0.29) is 0 Å². The number of carboxylic acid groups (broad SMARTS) is 1. The number of rotatable bonds is 2. The molecule has 1 atom stereocenters. The molecule has 0 bridgehead atoms. The zero-order chi connectivity index (χ0) is 11.8. The van der Waals surface area contributed by atoms with Gasteiger partial charge in [-0.25, -0.2) is 0 Å². The summed E-state index contributed by atoms with van der Waals surface area (Å²) >= 11 is 7.22. The standard InChI is InChI=1S/C11H10ClNO2S/c12-8-3-1-2-7(4-8)11(10(14)15)5-9(13)16-6-11/h1-5H,6,13H2,(H,14,15). The highest BCUT2D eigenvalue weighted by atomic mass is 35.5. The zero-order valence-corrected chi connectivity index (χ0v) is 9.89. The predicted octanol–water partition coefficient (Wildman–Crippen LogP) is 2.21. The monoisotopic (exact) mass is 255 g/mol. The highest BCUT2D eigenvalue weighted by Gasteiger charge is 2.42. The fourth-order valence-electron chi connectivity index (χ4n) is 1.70. The second kappa shape index (κ2) is 4.03. The Morgan fingerprint density at radius 2 is 2.31 bits per heavy atom. The van der Waals surface area contributed by atoms with E-state index in [1.165, 1.54) is 11.8 Å². The summed E-state index contributed by atoms with van der Waals surface area (Å²) in [4.78, 5) is 11.4. The van der Waals surface area contributed by atoms with E-state index in [4.69, 9.17) is 17.3 Å². The molecule has 3 N–H and O–H groups in total. The molecule has 2 rings (SSSR count). The van der Waals surface area contributed by atoms with Gasteiger partial charge in [0, 0.05) is 10.8 Å². The van der Waals surface area contributed by atoms with Gasteiger partial charge in [-0.15, -0.1) is 11.8 Å². The van der Waals surface area contributed by atoms with Crippen molar-refractivity contribution in [2.45, 2.75) is 5.41 Å². The summed E-state index contributed by atoms with van der Waals surface area (Å²) < 4.78 is 0. The van der Waals surface area contributed by atoms with Crippen molar-refractivity contribution in [3.05, 3.63) is 46.0 Å². The molecule has 0 aromatic heterocycles. The third-order valence-corrected chi connectivity index (χ3v) is 3.86. The van der Waals surface area contributed by atoms with Gasteiger partial charge in [-0.2, -0.15) is 0 Å². The van der Waals surface area contributed by atoms with Crippen LogP contribution in [-0.4, -0.2) is 16.8 Å². The van der Waals surface area contributed by atoms with Gasteiger partial charge in [-0.05, 0) is 23.8 Å². The predicted molar refractivity (Wildman–Crippen MR) is 65.5 cm³/mol. The topological polar surface area (TPSA) is 63.3 Å². The summed E-state index contributed by atoms with van der Waals surface area (Å²) in [6.07, 6.45) is 1.59. The smallest absolute Gasteiger partial charge is 0.319 e. The van der Waals surface area contributed by atoms with Crippen LogP contribution in [0, 0.1) is 0 Å². The van der Waals surface area contributed by atoms with E-state index in [2.05, 4.69) is 0 Å². The van der Waals surface area contributed by atoms with Gasteiger partial charge in [0.25, 0.3) is 0 Å². The Morgan fingerprint density at radius 1 is 1.56 bits per heavy atom. The van der Waals surface area contributed by atoms with E-state index in [0.717, 1.165) is 0 Å². The molecular weight excluding hydrogens is 246 g/mol. The maximum Gasteiger partial charge on any atom is 0.319 e. The minimum atomic E-state index is -1.04. The number of nitrogens with two attached hydrogens (primary N) is 1. The summed E-state index contributed by atoms with van der Waals surface area (Å²) in [6.45, 7) is 0. The molecule has 16 heavy (non-hydrogen) atoms. The third kappa shape index (κ3) is 1.79. The lowest BCUT2D eigenvalue weighted by Crippen LogP contribution is -2.34. The fraction of sp³-hybridized carbons (Fsp3) is 0.182. The first-order valence-electron chi connectivity index (χ1n) is 4.65. The van der Waals surface area contributed by atoms with E-state index in [0.29, 0.717) is 21.4 Å². The minimum absolute atomic E-state index is 0.411. The van der Waals surface area contributed by atoms with Gasteiger partial charge < -0.3 is 10.8 Å². The molecule has 5 heteroatoms. The average molecular weight is 256 g/mol. The van der Waals surface area contributed by atoms with E-state index in [1.54, 1.807) is 30.3 Å². The van der Waals surface area contributed by atoms with Crippen LogP contribution in [0.3, 0.4) is 0 Å². The van der Waals surface area contributed by atoms with E-state index in [1.807, 2.05) is 0 Å². The lowest BCUT2D eigenvalue weighted by molar-refractivity contribution is -0.141. The molecule has 0 spiro atoms. The molecule has 0 saturated heterocycles. The van der Waals surface area contributed by atoms with Gasteiger partial charge in [0.1, 0.15) is 5.41 Å². The molecule has 0 radical (unpaired) electrons. The number of thioether (sulfide) groups is 1. The Balaban J connectivity index is 2.54. The summed E-state index contributed by atoms with van der Waals surface area (Å²) in [7, 11) is 0. The lowest BCUT2D eigenvalue weighted by atomic mass is 9.82. The molecule has 0 fully saturated rings. The fourth-order valence-corrected chi connectivity index (χ4v) is 2.95. The third-order valence-electron chi connectivity index (χ3n) is 2.58. The van der Waals surface area contributed by atoms with Crippen LogP contribution in [0.2, 0.25) is 5.02 Å². The van der Waals surface area contributed by atoms with Crippen LogP contribution < -0.4 is 5.73 Å². The summed E-state index contributed by atoms with van der Waals surface area (Å²) in [5, 5.41) is 10.4. The van der Waals surface area contributed by atoms with Crippen LogP contribution in [0.1, 0.15) is 5.56 Å². The number of benzene rings is 1. The quantitative estimate of drug-likeness (QED) is 0.851. The number of carbonyl (C=O) groups is 1. The molecule has 0 saturated carbocycles. The van der Waals surface area contributed by atoms with Crippen molar-refractivity contribution in [2.24, 2.45) is 5.73 Å². The maximum atomic E-state index is 11.4. The van der Waals surface area contributed by atoms with Gasteiger partial charge in [0.15, 0.2) is 0 Å². The molecule has 1 aromatic rings. The SMILES string of the molecule is NC1=CC(C(=O)O)(c2cccc(Cl)c2)CS1. The molecule has 0 aliphatic carbocycles. The Kier molecular flexibility index (Phi) is 2.86. The first-order chi connectivity index (χ1) is 7.54. The molecule has 1 aromatic carbocycles. The number of halogens is 1.